The number of amides is 1. The SMILES string of the molecule is Cc1nc(-c2ccc(C(=O)NCC3NCCc4ccccc43)cc2)n[nH]1. The van der Waals surface area contributed by atoms with E-state index in [0.29, 0.717) is 17.9 Å². The van der Waals surface area contributed by atoms with Crippen molar-refractivity contribution in [2.75, 3.05) is 13.1 Å². The van der Waals surface area contributed by atoms with Gasteiger partial charge in [0.05, 0.1) is 0 Å². The molecule has 0 radical (unpaired) electrons. The number of H-pyrrole nitrogens is 1. The van der Waals surface area contributed by atoms with Crippen LogP contribution in [0.5, 0.6) is 0 Å². The third-order valence-electron chi connectivity index (χ3n) is 4.68. The lowest BCUT2D eigenvalue weighted by Crippen LogP contribution is -2.38. The molecule has 6 heteroatoms. The molecule has 2 heterocycles. The fourth-order valence-electron chi connectivity index (χ4n) is 3.31. The zero-order chi connectivity index (χ0) is 17.9. The van der Waals surface area contributed by atoms with Gasteiger partial charge in [0.1, 0.15) is 5.82 Å². The minimum absolute atomic E-state index is 0.0763. The average Bonchev–Trinajstić information content (AvgIpc) is 3.12. The topological polar surface area (TPSA) is 82.7 Å². The highest BCUT2D eigenvalue weighted by Gasteiger charge is 2.19. The zero-order valence-electron chi connectivity index (χ0n) is 14.6. The molecule has 3 aromatic rings. The monoisotopic (exact) mass is 347 g/mol. The maximum Gasteiger partial charge on any atom is 0.251 e. The Balaban J connectivity index is 1.41. The molecule has 0 saturated carbocycles. The van der Waals surface area contributed by atoms with Crippen molar-refractivity contribution < 1.29 is 4.79 Å². The Bertz CT molecular complexity index is 916. The van der Waals surface area contributed by atoms with Crippen molar-refractivity contribution >= 4 is 5.91 Å². The highest BCUT2D eigenvalue weighted by atomic mass is 16.1. The normalized spacial score (nSPS) is 16.1. The summed E-state index contributed by atoms with van der Waals surface area (Å²) in [5.41, 5.74) is 4.14. The van der Waals surface area contributed by atoms with Gasteiger partial charge in [0.15, 0.2) is 5.82 Å². The lowest BCUT2D eigenvalue weighted by atomic mass is 9.94. The fraction of sp³-hybridized carbons (Fsp3) is 0.250. The Hall–Kier alpha value is -2.99. The summed E-state index contributed by atoms with van der Waals surface area (Å²) in [7, 11) is 0. The van der Waals surface area contributed by atoms with Crippen LogP contribution in [0.15, 0.2) is 48.5 Å². The number of carbonyl (C=O) groups is 1. The van der Waals surface area contributed by atoms with Gasteiger partial charge in [-0.1, -0.05) is 36.4 Å². The molecular formula is C20H21N5O. The van der Waals surface area contributed by atoms with Crippen LogP contribution in [0, 0.1) is 6.92 Å². The standard InChI is InChI=1S/C20H21N5O/c1-13-23-19(25-24-13)15-6-8-16(9-7-15)20(26)22-12-18-17-5-3-2-4-14(17)10-11-21-18/h2-9,18,21H,10-12H2,1H3,(H,22,26)(H,23,24,25). The number of aryl methyl sites for hydroxylation is 1. The molecular weight excluding hydrogens is 326 g/mol. The van der Waals surface area contributed by atoms with Crippen LogP contribution in [0.4, 0.5) is 0 Å². The molecule has 0 fully saturated rings. The summed E-state index contributed by atoms with van der Waals surface area (Å²) in [6.45, 7) is 3.36. The highest BCUT2D eigenvalue weighted by molar-refractivity contribution is 5.94. The van der Waals surface area contributed by atoms with E-state index in [9.17, 15) is 4.79 Å². The van der Waals surface area contributed by atoms with Crippen molar-refractivity contribution in [3.63, 3.8) is 0 Å². The molecule has 1 aliphatic rings. The Morgan fingerprint density at radius 1 is 1.19 bits per heavy atom. The molecule has 4 rings (SSSR count). The van der Waals surface area contributed by atoms with Gasteiger partial charge in [0, 0.05) is 23.7 Å². The molecule has 0 spiro atoms. The summed E-state index contributed by atoms with van der Waals surface area (Å²) in [4.78, 5) is 16.8. The van der Waals surface area contributed by atoms with Gasteiger partial charge >= 0.3 is 0 Å². The fourth-order valence-corrected chi connectivity index (χ4v) is 3.31. The summed E-state index contributed by atoms with van der Waals surface area (Å²) in [5, 5.41) is 13.5. The zero-order valence-corrected chi connectivity index (χ0v) is 14.6. The quantitative estimate of drug-likeness (QED) is 0.677. The van der Waals surface area contributed by atoms with Gasteiger partial charge in [-0.05, 0) is 43.1 Å². The van der Waals surface area contributed by atoms with E-state index in [0.717, 1.165) is 24.4 Å². The van der Waals surface area contributed by atoms with E-state index in [1.807, 2.05) is 25.1 Å². The molecule has 0 aliphatic carbocycles. The second-order valence-electron chi connectivity index (χ2n) is 6.49. The van der Waals surface area contributed by atoms with E-state index in [1.54, 1.807) is 12.1 Å². The van der Waals surface area contributed by atoms with Crippen LogP contribution < -0.4 is 10.6 Å². The Morgan fingerprint density at radius 3 is 2.77 bits per heavy atom. The number of hydrogen-bond donors (Lipinski definition) is 3. The minimum Gasteiger partial charge on any atom is -0.350 e. The molecule has 0 saturated heterocycles. The number of nitrogens with zero attached hydrogens (tertiary/aromatic N) is 2. The van der Waals surface area contributed by atoms with Gasteiger partial charge in [0.25, 0.3) is 5.91 Å². The van der Waals surface area contributed by atoms with Crippen LogP contribution in [0.3, 0.4) is 0 Å². The van der Waals surface area contributed by atoms with Crippen molar-refractivity contribution in [1.29, 1.82) is 0 Å². The third kappa shape index (κ3) is 3.36. The van der Waals surface area contributed by atoms with Crippen molar-refractivity contribution in [2.45, 2.75) is 19.4 Å². The predicted octanol–water partition coefficient (Wildman–Crippen LogP) is 2.40. The van der Waals surface area contributed by atoms with Crippen molar-refractivity contribution in [1.82, 2.24) is 25.8 Å². The van der Waals surface area contributed by atoms with Gasteiger partial charge < -0.3 is 10.6 Å². The molecule has 0 bridgehead atoms. The maximum atomic E-state index is 12.5. The average molecular weight is 347 g/mol. The van der Waals surface area contributed by atoms with Crippen LogP contribution in [0.25, 0.3) is 11.4 Å². The van der Waals surface area contributed by atoms with E-state index in [1.165, 1.54) is 11.1 Å². The highest BCUT2D eigenvalue weighted by Crippen LogP contribution is 2.22. The number of fused-ring (bicyclic) bond motifs is 1. The van der Waals surface area contributed by atoms with E-state index < -0.39 is 0 Å². The molecule has 2 aromatic carbocycles. The third-order valence-corrected chi connectivity index (χ3v) is 4.68. The summed E-state index contributed by atoms with van der Waals surface area (Å²) < 4.78 is 0. The number of nitrogens with one attached hydrogen (secondary N) is 3. The molecule has 132 valence electrons. The molecule has 1 unspecified atom stereocenters. The number of rotatable bonds is 4. The van der Waals surface area contributed by atoms with E-state index in [-0.39, 0.29) is 11.9 Å². The molecule has 26 heavy (non-hydrogen) atoms. The molecule has 6 nitrogen and oxygen atoms in total. The first-order valence-corrected chi connectivity index (χ1v) is 8.79. The lowest BCUT2D eigenvalue weighted by molar-refractivity contribution is 0.0949. The number of aromatic nitrogens is 3. The van der Waals surface area contributed by atoms with Crippen molar-refractivity contribution in [3.8, 4) is 11.4 Å². The summed E-state index contributed by atoms with van der Waals surface area (Å²) >= 11 is 0. The Labute approximate surface area is 152 Å². The number of hydrogen-bond acceptors (Lipinski definition) is 4. The molecule has 1 atom stereocenters. The number of benzene rings is 2. The Kier molecular flexibility index (Phi) is 4.50. The second-order valence-corrected chi connectivity index (χ2v) is 6.49. The van der Waals surface area contributed by atoms with Gasteiger partial charge in [-0.3, -0.25) is 9.89 Å². The van der Waals surface area contributed by atoms with Gasteiger partial charge in [0.2, 0.25) is 0 Å². The summed E-state index contributed by atoms with van der Waals surface area (Å²) in [6, 6.07) is 15.9. The van der Waals surface area contributed by atoms with Crippen molar-refractivity contribution in [2.24, 2.45) is 0 Å². The molecule has 3 N–H and O–H groups in total. The van der Waals surface area contributed by atoms with E-state index in [2.05, 4.69) is 44.0 Å². The molecule has 1 aliphatic heterocycles. The van der Waals surface area contributed by atoms with E-state index in [4.69, 9.17) is 0 Å². The summed E-state index contributed by atoms with van der Waals surface area (Å²) in [6.07, 6.45) is 1.03. The molecule has 1 aromatic heterocycles. The van der Waals surface area contributed by atoms with Crippen LogP contribution in [0.2, 0.25) is 0 Å². The van der Waals surface area contributed by atoms with Gasteiger partial charge in [-0.25, -0.2) is 4.98 Å². The smallest absolute Gasteiger partial charge is 0.251 e. The Morgan fingerprint density at radius 2 is 2.00 bits per heavy atom. The molecule has 1 amide bonds. The first kappa shape index (κ1) is 16.5. The minimum atomic E-state index is -0.0763. The lowest BCUT2D eigenvalue weighted by Gasteiger charge is -2.27. The van der Waals surface area contributed by atoms with Crippen LogP contribution >= 0.6 is 0 Å². The van der Waals surface area contributed by atoms with Crippen LogP contribution in [-0.2, 0) is 6.42 Å². The van der Waals surface area contributed by atoms with Gasteiger partial charge in [-0.2, -0.15) is 5.10 Å². The maximum absolute atomic E-state index is 12.5. The first-order valence-electron chi connectivity index (χ1n) is 8.79. The second kappa shape index (κ2) is 7.09. The largest absolute Gasteiger partial charge is 0.350 e. The first-order chi connectivity index (χ1) is 12.7. The summed E-state index contributed by atoms with van der Waals surface area (Å²) in [5.74, 6) is 1.33. The predicted molar refractivity (Wildman–Crippen MR) is 99.8 cm³/mol. The van der Waals surface area contributed by atoms with Crippen molar-refractivity contribution in [3.05, 3.63) is 71.0 Å². The number of carbonyl (C=O) groups excluding carboxylic acids is 1. The van der Waals surface area contributed by atoms with Crippen LogP contribution in [-0.4, -0.2) is 34.2 Å². The number of aromatic amines is 1. The van der Waals surface area contributed by atoms with Gasteiger partial charge in [-0.15, -0.1) is 0 Å². The van der Waals surface area contributed by atoms with E-state index >= 15 is 0 Å². The van der Waals surface area contributed by atoms with Crippen LogP contribution in [0.1, 0.15) is 33.4 Å².